The van der Waals surface area contributed by atoms with Crippen molar-refractivity contribution in [2.24, 2.45) is 0 Å². The van der Waals surface area contributed by atoms with Crippen molar-refractivity contribution in [3.05, 3.63) is 41.9 Å². The van der Waals surface area contributed by atoms with E-state index in [9.17, 15) is 14.7 Å². The van der Waals surface area contributed by atoms with Gasteiger partial charge in [0.25, 0.3) is 11.8 Å². The SMILES string of the molecule is CN(C)C(=O)c1cc2cnc(Nc3ccc(C(=O)N4CC5CCC(C4)N5C(O)OC(C)(C)C)cn3)nc2n1C1CCCCCC1. The van der Waals surface area contributed by atoms with E-state index in [-0.39, 0.29) is 29.9 Å². The number of likely N-dealkylation sites (tertiary alicyclic amines) is 1. The minimum atomic E-state index is -0.983. The van der Waals surface area contributed by atoms with Gasteiger partial charge in [0.1, 0.15) is 17.2 Å². The standard InChI is InChI=1S/C33H46N8O4/c1-33(2,3)45-32(44)40-24-13-14-25(40)20-39(19-24)29(42)21-12-15-27(34-17-21)36-31-35-18-22-16-26(30(43)38(4)5)41(28(22)37-31)23-10-8-6-7-9-11-23/h12,15-18,23-25,32,44H,6-11,13-14,19-20H2,1-5H3,(H,34,35,36,37). The Balaban J connectivity index is 1.17. The Labute approximate surface area is 264 Å². The minimum absolute atomic E-state index is 0.0440. The minimum Gasteiger partial charge on any atom is -0.356 e. The Bertz CT molecular complexity index is 1510. The average molecular weight is 619 g/mol. The summed E-state index contributed by atoms with van der Waals surface area (Å²) in [6.45, 7) is 6.84. The Morgan fingerprint density at radius 3 is 2.27 bits per heavy atom. The summed E-state index contributed by atoms with van der Waals surface area (Å²) in [6, 6.07) is 5.74. The smallest absolute Gasteiger partial charge is 0.270 e. The van der Waals surface area contributed by atoms with Gasteiger partial charge in [0.05, 0.1) is 11.2 Å². The Morgan fingerprint density at radius 1 is 0.978 bits per heavy atom. The molecule has 6 rings (SSSR count). The van der Waals surface area contributed by atoms with Gasteiger partial charge >= 0.3 is 0 Å². The van der Waals surface area contributed by atoms with E-state index in [2.05, 4.69) is 19.9 Å². The van der Waals surface area contributed by atoms with Crippen molar-refractivity contribution in [3.8, 4) is 0 Å². The van der Waals surface area contributed by atoms with Crippen molar-refractivity contribution in [1.82, 2.24) is 34.2 Å². The summed E-state index contributed by atoms with van der Waals surface area (Å²) < 4.78 is 7.94. The molecule has 2 N–H and O–H groups in total. The third-order valence-corrected chi connectivity index (χ3v) is 9.18. The lowest BCUT2D eigenvalue weighted by atomic mass is 10.1. The number of aliphatic hydroxyl groups is 1. The molecule has 2 amide bonds. The van der Waals surface area contributed by atoms with Crippen molar-refractivity contribution in [3.63, 3.8) is 0 Å². The third-order valence-electron chi connectivity index (χ3n) is 9.18. The number of pyridine rings is 1. The van der Waals surface area contributed by atoms with Crippen molar-refractivity contribution >= 4 is 34.6 Å². The summed E-state index contributed by atoms with van der Waals surface area (Å²) in [5.74, 6) is 0.788. The van der Waals surface area contributed by atoms with Gasteiger partial charge < -0.3 is 29.5 Å². The second-order valence-electron chi connectivity index (χ2n) is 13.9. The molecule has 3 aliphatic rings. The van der Waals surface area contributed by atoms with Gasteiger partial charge in [0.15, 0.2) is 0 Å². The van der Waals surface area contributed by atoms with E-state index in [0.717, 1.165) is 49.6 Å². The molecule has 2 aliphatic heterocycles. The number of fused-ring (bicyclic) bond motifs is 3. The summed E-state index contributed by atoms with van der Waals surface area (Å²) in [7, 11) is 3.54. The number of ether oxygens (including phenoxy) is 1. The average Bonchev–Trinajstić information content (AvgIpc) is 3.34. The van der Waals surface area contributed by atoms with Crippen LogP contribution in [-0.2, 0) is 4.74 Å². The van der Waals surface area contributed by atoms with Crippen LogP contribution < -0.4 is 5.32 Å². The molecular formula is C33H46N8O4. The first kappa shape index (κ1) is 31.4. The van der Waals surface area contributed by atoms with Gasteiger partial charge in [-0.25, -0.2) is 14.9 Å². The first-order valence-electron chi connectivity index (χ1n) is 16.2. The van der Waals surface area contributed by atoms with Crippen LogP contribution in [0.2, 0.25) is 0 Å². The molecule has 3 aromatic heterocycles. The molecule has 3 atom stereocenters. The maximum Gasteiger partial charge on any atom is 0.270 e. The topological polar surface area (TPSA) is 129 Å². The maximum atomic E-state index is 13.5. The monoisotopic (exact) mass is 618 g/mol. The summed E-state index contributed by atoms with van der Waals surface area (Å²) in [6.07, 6.45) is 10.9. The number of nitrogens with one attached hydrogen (secondary N) is 1. The molecule has 2 saturated heterocycles. The van der Waals surface area contributed by atoms with Gasteiger partial charge in [-0.3, -0.25) is 9.59 Å². The van der Waals surface area contributed by atoms with Gasteiger partial charge in [-0.2, -0.15) is 4.98 Å². The number of carbonyl (C=O) groups is 2. The highest BCUT2D eigenvalue weighted by Gasteiger charge is 2.45. The molecule has 0 aromatic carbocycles. The molecule has 242 valence electrons. The number of aromatic nitrogens is 4. The van der Waals surface area contributed by atoms with Crippen LogP contribution in [0.4, 0.5) is 11.8 Å². The molecule has 45 heavy (non-hydrogen) atoms. The van der Waals surface area contributed by atoms with Crippen molar-refractivity contribution in [2.45, 2.75) is 102 Å². The molecule has 12 heteroatoms. The summed E-state index contributed by atoms with van der Waals surface area (Å²) >= 11 is 0. The van der Waals surface area contributed by atoms with Crippen LogP contribution in [0.25, 0.3) is 11.0 Å². The lowest BCUT2D eigenvalue weighted by Crippen LogP contribution is -2.59. The van der Waals surface area contributed by atoms with Crippen LogP contribution in [0, 0.1) is 0 Å². The number of carbonyl (C=O) groups excluding carboxylic acids is 2. The molecule has 3 unspecified atom stereocenters. The number of amides is 2. The number of piperazine rings is 1. The fourth-order valence-corrected chi connectivity index (χ4v) is 7.08. The van der Waals surface area contributed by atoms with E-state index < -0.39 is 12.0 Å². The quantitative estimate of drug-likeness (QED) is 0.290. The van der Waals surface area contributed by atoms with Gasteiger partial charge in [-0.05, 0) is 64.7 Å². The third kappa shape index (κ3) is 6.68. The van der Waals surface area contributed by atoms with Crippen molar-refractivity contribution in [2.75, 3.05) is 32.5 Å². The van der Waals surface area contributed by atoms with Crippen LogP contribution in [0.1, 0.15) is 99.0 Å². The van der Waals surface area contributed by atoms with E-state index >= 15 is 0 Å². The molecule has 2 bridgehead atoms. The highest BCUT2D eigenvalue weighted by atomic mass is 16.6. The molecule has 0 spiro atoms. The van der Waals surface area contributed by atoms with E-state index in [4.69, 9.17) is 9.72 Å². The maximum absolute atomic E-state index is 13.5. The van der Waals surface area contributed by atoms with Crippen LogP contribution in [0.3, 0.4) is 0 Å². The molecule has 0 radical (unpaired) electrons. The molecule has 1 aliphatic carbocycles. The van der Waals surface area contributed by atoms with Crippen molar-refractivity contribution in [1.29, 1.82) is 0 Å². The van der Waals surface area contributed by atoms with Crippen LogP contribution >= 0.6 is 0 Å². The normalized spacial score (nSPS) is 22.0. The molecule has 12 nitrogen and oxygen atoms in total. The van der Waals surface area contributed by atoms with Gasteiger partial charge in [-0.1, -0.05) is 25.7 Å². The lowest BCUT2D eigenvalue weighted by molar-refractivity contribution is -0.256. The first-order chi connectivity index (χ1) is 21.5. The highest BCUT2D eigenvalue weighted by molar-refractivity contribution is 5.98. The van der Waals surface area contributed by atoms with Crippen molar-refractivity contribution < 1.29 is 19.4 Å². The number of rotatable bonds is 7. The molecular weight excluding hydrogens is 572 g/mol. The van der Waals surface area contributed by atoms with E-state index in [1.54, 1.807) is 43.5 Å². The van der Waals surface area contributed by atoms with Crippen LogP contribution in [-0.4, -0.2) is 102 Å². The molecule has 3 aromatic rings. The fourth-order valence-electron chi connectivity index (χ4n) is 7.08. The number of hydrogen-bond acceptors (Lipinski definition) is 9. The fraction of sp³-hybridized carbons (Fsp3) is 0.606. The summed E-state index contributed by atoms with van der Waals surface area (Å²) in [5, 5.41) is 14.8. The van der Waals surface area contributed by atoms with Gasteiger partial charge in [-0.15, -0.1) is 0 Å². The molecule has 1 saturated carbocycles. The Hall–Kier alpha value is -3.61. The highest BCUT2D eigenvalue weighted by Crippen LogP contribution is 2.35. The Morgan fingerprint density at radius 2 is 1.67 bits per heavy atom. The van der Waals surface area contributed by atoms with Gasteiger partial charge in [0, 0.05) is 63.1 Å². The largest absolute Gasteiger partial charge is 0.356 e. The van der Waals surface area contributed by atoms with Crippen LogP contribution in [0.5, 0.6) is 0 Å². The zero-order valence-corrected chi connectivity index (χ0v) is 27.1. The summed E-state index contributed by atoms with van der Waals surface area (Å²) in [4.78, 5) is 46.0. The Kier molecular flexibility index (Phi) is 8.82. The molecule has 3 fully saturated rings. The van der Waals surface area contributed by atoms with E-state index in [1.165, 1.54) is 12.8 Å². The number of anilines is 2. The van der Waals surface area contributed by atoms with E-state index in [1.807, 2.05) is 36.6 Å². The molecule has 5 heterocycles. The number of aliphatic hydroxyl groups excluding tert-OH is 1. The zero-order chi connectivity index (χ0) is 31.9. The predicted octanol–water partition coefficient (Wildman–Crippen LogP) is 4.55. The lowest BCUT2D eigenvalue weighted by Gasteiger charge is -2.44. The second kappa shape index (κ2) is 12.6. The van der Waals surface area contributed by atoms with E-state index in [0.29, 0.717) is 36.1 Å². The first-order valence-corrected chi connectivity index (χ1v) is 16.2. The summed E-state index contributed by atoms with van der Waals surface area (Å²) in [5.41, 5.74) is 1.42. The second-order valence-corrected chi connectivity index (χ2v) is 13.9. The zero-order valence-electron chi connectivity index (χ0n) is 27.1. The van der Waals surface area contributed by atoms with Crippen LogP contribution in [0.15, 0.2) is 30.6 Å². The number of nitrogens with zero attached hydrogens (tertiary/aromatic N) is 7. The van der Waals surface area contributed by atoms with Gasteiger partial charge in [0.2, 0.25) is 12.4 Å². The predicted molar refractivity (Wildman–Crippen MR) is 171 cm³/mol. The number of hydrogen-bond donors (Lipinski definition) is 2.